The van der Waals surface area contributed by atoms with Crippen molar-refractivity contribution in [2.45, 2.75) is 13.3 Å². The second kappa shape index (κ2) is 4.40. The molecular formula is C8H10N2O4. The Morgan fingerprint density at radius 3 is 2.86 bits per heavy atom. The molecule has 1 aromatic heterocycles. The zero-order valence-electron chi connectivity index (χ0n) is 7.61. The van der Waals surface area contributed by atoms with Crippen LogP contribution in [0.25, 0.3) is 0 Å². The first-order valence-corrected chi connectivity index (χ1v) is 4.01. The molecule has 1 heterocycles. The van der Waals surface area contributed by atoms with Crippen LogP contribution in [0.4, 0.5) is 0 Å². The van der Waals surface area contributed by atoms with Gasteiger partial charge in [-0.1, -0.05) is 0 Å². The van der Waals surface area contributed by atoms with Gasteiger partial charge >= 0.3 is 11.9 Å². The van der Waals surface area contributed by atoms with Gasteiger partial charge in [-0.3, -0.25) is 9.59 Å². The summed E-state index contributed by atoms with van der Waals surface area (Å²) >= 11 is 0. The van der Waals surface area contributed by atoms with Crippen LogP contribution in [-0.4, -0.2) is 28.5 Å². The number of carboxylic acids is 1. The van der Waals surface area contributed by atoms with Gasteiger partial charge in [-0.25, -0.2) is 4.98 Å². The van der Waals surface area contributed by atoms with E-state index >= 15 is 0 Å². The van der Waals surface area contributed by atoms with Crippen LogP contribution in [0.2, 0.25) is 0 Å². The summed E-state index contributed by atoms with van der Waals surface area (Å²) in [6.45, 7) is 1.76. The maximum atomic E-state index is 11.2. The van der Waals surface area contributed by atoms with Gasteiger partial charge in [0.1, 0.15) is 6.26 Å². The number of carboxylic acid groups (broad SMARTS) is 1. The molecule has 0 radical (unpaired) electrons. The van der Waals surface area contributed by atoms with Gasteiger partial charge in [0, 0.05) is 6.54 Å². The molecule has 0 aliphatic rings. The van der Waals surface area contributed by atoms with Gasteiger partial charge in [0.25, 0.3) is 5.89 Å². The topological polar surface area (TPSA) is 92.4 Å². The van der Waals surface area contributed by atoms with Crippen molar-refractivity contribution in [2.75, 3.05) is 6.54 Å². The zero-order chi connectivity index (χ0) is 10.6. The summed E-state index contributed by atoms with van der Waals surface area (Å²) in [5, 5.41) is 10.7. The summed E-state index contributed by atoms with van der Waals surface area (Å²) in [6.07, 6.45) is 1.23. The van der Waals surface area contributed by atoms with Crippen LogP contribution in [0.3, 0.4) is 0 Å². The van der Waals surface area contributed by atoms with E-state index in [1.165, 1.54) is 6.26 Å². The van der Waals surface area contributed by atoms with Gasteiger partial charge in [-0.15, -0.1) is 0 Å². The number of aliphatic carboxylic acids is 1. The van der Waals surface area contributed by atoms with Gasteiger partial charge in [-0.2, -0.15) is 0 Å². The predicted molar refractivity (Wildman–Crippen MR) is 45.8 cm³/mol. The zero-order valence-corrected chi connectivity index (χ0v) is 7.61. The van der Waals surface area contributed by atoms with E-state index in [9.17, 15) is 9.59 Å². The molecule has 6 heteroatoms. The maximum absolute atomic E-state index is 11.2. The summed E-state index contributed by atoms with van der Waals surface area (Å²) in [4.78, 5) is 25.1. The summed E-state index contributed by atoms with van der Waals surface area (Å²) in [5.74, 6) is -1.51. The second-order valence-corrected chi connectivity index (χ2v) is 2.69. The largest absolute Gasteiger partial charge is 0.481 e. The Morgan fingerprint density at radius 2 is 2.36 bits per heavy atom. The molecule has 0 fully saturated rings. The molecule has 0 atom stereocenters. The highest BCUT2D eigenvalue weighted by molar-refractivity contribution is 5.89. The highest BCUT2D eigenvalue weighted by Gasteiger charge is 2.11. The van der Waals surface area contributed by atoms with Crippen LogP contribution in [-0.2, 0) is 4.79 Å². The van der Waals surface area contributed by atoms with Gasteiger partial charge in [-0.05, 0) is 6.92 Å². The average molecular weight is 198 g/mol. The molecule has 0 unspecified atom stereocenters. The Morgan fingerprint density at radius 1 is 1.64 bits per heavy atom. The van der Waals surface area contributed by atoms with Crippen molar-refractivity contribution in [1.82, 2.24) is 10.3 Å². The summed E-state index contributed by atoms with van der Waals surface area (Å²) < 4.78 is 4.81. The number of amides is 1. The lowest BCUT2D eigenvalue weighted by Crippen LogP contribution is -2.26. The van der Waals surface area contributed by atoms with Crippen LogP contribution in [0.1, 0.15) is 22.8 Å². The number of aryl methyl sites for hydroxylation is 1. The lowest BCUT2D eigenvalue weighted by atomic mass is 10.4. The first-order chi connectivity index (χ1) is 6.59. The fraction of sp³-hybridized carbons (Fsp3) is 0.375. The van der Waals surface area contributed by atoms with Crippen molar-refractivity contribution in [3.8, 4) is 0 Å². The quantitative estimate of drug-likeness (QED) is 0.720. The third-order valence-corrected chi connectivity index (χ3v) is 1.44. The monoisotopic (exact) mass is 198 g/mol. The molecule has 0 aromatic carbocycles. The number of rotatable bonds is 4. The predicted octanol–water partition coefficient (Wildman–Crippen LogP) is 0.188. The Labute approximate surface area is 79.9 Å². The van der Waals surface area contributed by atoms with Crippen molar-refractivity contribution in [3.63, 3.8) is 0 Å². The number of nitrogens with one attached hydrogen (secondary N) is 1. The van der Waals surface area contributed by atoms with E-state index in [0.717, 1.165) is 0 Å². The molecule has 1 rings (SSSR count). The molecule has 0 bridgehead atoms. The smallest absolute Gasteiger partial charge is 0.307 e. The summed E-state index contributed by atoms with van der Waals surface area (Å²) in [5.41, 5.74) is 0.605. The van der Waals surface area contributed by atoms with Crippen LogP contribution in [0.15, 0.2) is 10.7 Å². The summed E-state index contributed by atoms with van der Waals surface area (Å²) in [6, 6.07) is 0. The fourth-order valence-corrected chi connectivity index (χ4v) is 0.817. The van der Waals surface area contributed by atoms with Crippen molar-refractivity contribution in [2.24, 2.45) is 0 Å². The van der Waals surface area contributed by atoms with E-state index in [-0.39, 0.29) is 18.9 Å². The minimum atomic E-state index is -0.964. The first kappa shape index (κ1) is 10.2. The van der Waals surface area contributed by atoms with E-state index in [0.29, 0.717) is 5.69 Å². The number of carbonyl (C=O) groups excluding carboxylic acids is 1. The summed E-state index contributed by atoms with van der Waals surface area (Å²) in [7, 11) is 0. The maximum Gasteiger partial charge on any atom is 0.307 e. The van der Waals surface area contributed by atoms with Gasteiger partial charge in [0.15, 0.2) is 0 Å². The van der Waals surface area contributed by atoms with Crippen LogP contribution >= 0.6 is 0 Å². The molecule has 0 aliphatic heterocycles. The third-order valence-electron chi connectivity index (χ3n) is 1.44. The molecule has 1 aromatic rings. The van der Waals surface area contributed by atoms with Gasteiger partial charge in [0.05, 0.1) is 12.1 Å². The van der Waals surface area contributed by atoms with Crippen molar-refractivity contribution in [1.29, 1.82) is 0 Å². The van der Waals surface area contributed by atoms with E-state index in [4.69, 9.17) is 9.52 Å². The minimum Gasteiger partial charge on any atom is -0.481 e. The highest BCUT2D eigenvalue weighted by atomic mass is 16.4. The molecule has 0 aliphatic carbocycles. The molecule has 76 valence electrons. The van der Waals surface area contributed by atoms with Crippen molar-refractivity contribution >= 4 is 11.9 Å². The number of aromatic nitrogens is 1. The lowest BCUT2D eigenvalue weighted by molar-refractivity contribution is -0.136. The molecule has 0 spiro atoms. The van der Waals surface area contributed by atoms with Crippen LogP contribution in [0.5, 0.6) is 0 Å². The molecule has 14 heavy (non-hydrogen) atoms. The molecule has 0 saturated carbocycles. The van der Waals surface area contributed by atoms with Crippen molar-refractivity contribution < 1.29 is 19.1 Å². The SMILES string of the molecule is Cc1coc(C(=O)NCCC(=O)O)n1. The normalized spacial score (nSPS) is 9.79. The Balaban J connectivity index is 2.39. The van der Waals surface area contributed by atoms with Gasteiger partial charge < -0.3 is 14.8 Å². The minimum absolute atomic E-state index is 0.0483. The standard InChI is InChI=1S/C8H10N2O4/c1-5-4-14-8(10-5)7(13)9-3-2-6(11)12/h4H,2-3H2,1H3,(H,9,13)(H,11,12). The second-order valence-electron chi connectivity index (χ2n) is 2.69. The van der Waals surface area contributed by atoms with E-state index < -0.39 is 11.9 Å². The van der Waals surface area contributed by atoms with Gasteiger partial charge in [0.2, 0.25) is 0 Å². The van der Waals surface area contributed by atoms with E-state index in [2.05, 4.69) is 10.3 Å². The molecular weight excluding hydrogens is 188 g/mol. The number of nitrogens with zero attached hydrogens (tertiary/aromatic N) is 1. The molecule has 2 N–H and O–H groups in total. The number of hydrogen-bond acceptors (Lipinski definition) is 4. The lowest BCUT2D eigenvalue weighted by Gasteiger charge is -1.98. The third kappa shape index (κ3) is 2.89. The van der Waals surface area contributed by atoms with E-state index in [1.807, 2.05) is 0 Å². The van der Waals surface area contributed by atoms with Crippen molar-refractivity contribution in [3.05, 3.63) is 17.8 Å². The molecule has 1 amide bonds. The Kier molecular flexibility index (Phi) is 3.22. The number of hydrogen-bond donors (Lipinski definition) is 2. The fourth-order valence-electron chi connectivity index (χ4n) is 0.817. The average Bonchev–Trinajstić information content (AvgIpc) is 2.51. The first-order valence-electron chi connectivity index (χ1n) is 4.01. The molecule has 6 nitrogen and oxygen atoms in total. The van der Waals surface area contributed by atoms with E-state index in [1.54, 1.807) is 6.92 Å². The number of carbonyl (C=O) groups is 2. The van der Waals surface area contributed by atoms with Crippen LogP contribution < -0.4 is 5.32 Å². The van der Waals surface area contributed by atoms with Crippen LogP contribution in [0, 0.1) is 6.92 Å². The highest BCUT2D eigenvalue weighted by Crippen LogP contribution is 1.99. The Hall–Kier alpha value is -1.85. The molecule has 0 saturated heterocycles. The number of oxazole rings is 1. The Bertz CT molecular complexity index is 345.